The van der Waals surface area contributed by atoms with Gasteiger partial charge in [-0.2, -0.15) is 0 Å². The van der Waals surface area contributed by atoms with Crippen molar-refractivity contribution in [1.82, 2.24) is 5.32 Å². The Hall–Kier alpha value is -1.13. The standard InChI is InChI=1S/C10H15FN2O/c1-7(13-4-5-14)8-2-3-10(12)9(11)6-8/h2-3,6-7,13-14H,4-5,12H2,1H3/t7-/m1/s1. The summed E-state index contributed by atoms with van der Waals surface area (Å²) in [5, 5.41) is 11.6. The lowest BCUT2D eigenvalue weighted by molar-refractivity contribution is 0.286. The van der Waals surface area contributed by atoms with Gasteiger partial charge in [-0.05, 0) is 24.6 Å². The summed E-state index contributed by atoms with van der Waals surface area (Å²) in [5.74, 6) is -0.403. The largest absolute Gasteiger partial charge is 0.396 e. The van der Waals surface area contributed by atoms with Crippen molar-refractivity contribution < 1.29 is 9.50 Å². The van der Waals surface area contributed by atoms with E-state index < -0.39 is 5.82 Å². The summed E-state index contributed by atoms with van der Waals surface area (Å²) in [6.07, 6.45) is 0. The van der Waals surface area contributed by atoms with E-state index >= 15 is 0 Å². The molecule has 14 heavy (non-hydrogen) atoms. The quantitative estimate of drug-likeness (QED) is 0.634. The summed E-state index contributed by atoms with van der Waals surface area (Å²) < 4.78 is 13.1. The lowest BCUT2D eigenvalue weighted by Crippen LogP contribution is -2.22. The van der Waals surface area contributed by atoms with E-state index in [0.29, 0.717) is 6.54 Å². The third-order valence-corrected chi connectivity index (χ3v) is 2.09. The van der Waals surface area contributed by atoms with Crippen LogP contribution < -0.4 is 11.1 Å². The second-order valence-corrected chi connectivity index (χ2v) is 3.18. The van der Waals surface area contributed by atoms with Gasteiger partial charge in [0.25, 0.3) is 0 Å². The van der Waals surface area contributed by atoms with Crippen molar-refractivity contribution >= 4 is 5.69 Å². The van der Waals surface area contributed by atoms with E-state index in [0.717, 1.165) is 5.56 Å². The summed E-state index contributed by atoms with van der Waals surface area (Å²) in [7, 11) is 0. The molecule has 3 nitrogen and oxygen atoms in total. The predicted molar refractivity (Wildman–Crippen MR) is 54.3 cm³/mol. The fraction of sp³-hybridized carbons (Fsp3) is 0.400. The number of nitrogens with one attached hydrogen (secondary N) is 1. The summed E-state index contributed by atoms with van der Waals surface area (Å²) in [4.78, 5) is 0. The topological polar surface area (TPSA) is 58.3 Å². The number of halogens is 1. The number of nitrogens with two attached hydrogens (primary N) is 1. The van der Waals surface area contributed by atoms with E-state index in [9.17, 15) is 4.39 Å². The normalized spacial score (nSPS) is 12.8. The Bertz CT molecular complexity index is 304. The van der Waals surface area contributed by atoms with E-state index in [2.05, 4.69) is 5.32 Å². The van der Waals surface area contributed by atoms with Crippen LogP contribution in [-0.4, -0.2) is 18.3 Å². The van der Waals surface area contributed by atoms with Gasteiger partial charge in [-0.1, -0.05) is 6.07 Å². The first-order valence-corrected chi connectivity index (χ1v) is 4.54. The van der Waals surface area contributed by atoms with Crippen molar-refractivity contribution in [2.45, 2.75) is 13.0 Å². The molecular weight excluding hydrogens is 183 g/mol. The monoisotopic (exact) mass is 198 g/mol. The van der Waals surface area contributed by atoms with Crippen LogP contribution in [0.2, 0.25) is 0 Å². The zero-order valence-corrected chi connectivity index (χ0v) is 8.13. The van der Waals surface area contributed by atoms with Crippen LogP contribution in [0.3, 0.4) is 0 Å². The Balaban J connectivity index is 2.70. The van der Waals surface area contributed by atoms with E-state index in [1.54, 1.807) is 12.1 Å². The highest BCUT2D eigenvalue weighted by atomic mass is 19.1. The van der Waals surface area contributed by atoms with Gasteiger partial charge in [-0.3, -0.25) is 0 Å². The van der Waals surface area contributed by atoms with Crippen molar-refractivity contribution in [2.75, 3.05) is 18.9 Å². The first-order chi connectivity index (χ1) is 6.65. The first-order valence-electron chi connectivity index (χ1n) is 4.54. The van der Waals surface area contributed by atoms with Gasteiger partial charge in [0.1, 0.15) is 5.82 Å². The lowest BCUT2D eigenvalue weighted by Gasteiger charge is -2.13. The zero-order chi connectivity index (χ0) is 10.6. The minimum absolute atomic E-state index is 0.0113. The number of hydrogen-bond acceptors (Lipinski definition) is 3. The summed E-state index contributed by atoms with van der Waals surface area (Å²) in [5.41, 5.74) is 6.33. The third kappa shape index (κ3) is 2.68. The van der Waals surface area contributed by atoms with E-state index in [4.69, 9.17) is 10.8 Å². The van der Waals surface area contributed by atoms with Crippen molar-refractivity contribution in [3.8, 4) is 0 Å². The van der Waals surface area contributed by atoms with Crippen LogP contribution in [0.4, 0.5) is 10.1 Å². The molecule has 1 atom stereocenters. The maximum absolute atomic E-state index is 13.1. The van der Waals surface area contributed by atoms with Crippen LogP contribution in [-0.2, 0) is 0 Å². The van der Waals surface area contributed by atoms with Crippen LogP contribution in [0.1, 0.15) is 18.5 Å². The number of nitrogen functional groups attached to an aromatic ring is 1. The molecule has 0 saturated heterocycles. The van der Waals surface area contributed by atoms with E-state index in [1.165, 1.54) is 6.07 Å². The van der Waals surface area contributed by atoms with Gasteiger partial charge in [-0.25, -0.2) is 4.39 Å². The third-order valence-electron chi connectivity index (χ3n) is 2.09. The zero-order valence-electron chi connectivity index (χ0n) is 8.13. The van der Waals surface area contributed by atoms with Crippen LogP contribution in [0.25, 0.3) is 0 Å². The van der Waals surface area contributed by atoms with Crippen LogP contribution in [0.5, 0.6) is 0 Å². The second-order valence-electron chi connectivity index (χ2n) is 3.18. The number of aliphatic hydroxyl groups is 1. The van der Waals surface area contributed by atoms with Crippen molar-refractivity contribution in [3.05, 3.63) is 29.6 Å². The molecule has 0 radical (unpaired) electrons. The number of aliphatic hydroxyl groups excluding tert-OH is 1. The van der Waals surface area contributed by atoms with Crippen molar-refractivity contribution in [3.63, 3.8) is 0 Å². The molecule has 0 heterocycles. The first kappa shape index (κ1) is 10.9. The Labute approximate surface area is 82.7 Å². The maximum atomic E-state index is 13.1. The molecule has 0 aliphatic rings. The van der Waals surface area contributed by atoms with Crippen molar-refractivity contribution in [2.24, 2.45) is 0 Å². The predicted octanol–water partition coefficient (Wildman–Crippen LogP) is 1.05. The minimum atomic E-state index is -0.403. The van der Waals surface area contributed by atoms with Gasteiger partial charge >= 0.3 is 0 Å². The second kappa shape index (κ2) is 4.93. The average Bonchev–Trinajstić information content (AvgIpc) is 2.18. The summed E-state index contributed by atoms with van der Waals surface area (Å²) in [6, 6.07) is 4.73. The molecule has 0 bridgehead atoms. The van der Waals surface area contributed by atoms with Crippen LogP contribution in [0.15, 0.2) is 18.2 Å². The van der Waals surface area contributed by atoms with E-state index in [1.807, 2.05) is 6.92 Å². The number of anilines is 1. The fourth-order valence-corrected chi connectivity index (χ4v) is 1.21. The Morgan fingerprint density at radius 2 is 2.29 bits per heavy atom. The van der Waals surface area contributed by atoms with Gasteiger partial charge in [-0.15, -0.1) is 0 Å². The number of hydrogen-bond donors (Lipinski definition) is 3. The smallest absolute Gasteiger partial charge is 0.146 e. The van der Waals surface area contributed by atoms with Gasteiger partial charge in [0.15, 0.2) is 0 Å². The molecule has 0 amide bonds. The van der Waals surface area contributed by atoms with Crippen molar-refractivity contribution in [1.29, 1.82) is 0 Å². The SMILES string of the molecule is C[C@@H](NCCO)c1ccc(N)c(F)c1. The molecule has 0 aliphatic carbocycles. The highest BCUT2D eigenvalue weighted by Crippen LogP contribution is 2.17. The molecule has 78 valence electrons. The molecule has 4 N–H and O–H groups in total. The summed E-state index contributed by atoms with van der Waals surface area (Å²) in [6.45, 7) is 2.47. The average molecular weight is 198 g/mol. The molecule has 0 aromatic heterocycles. The van der Waals surface area contributed by atoms with Crippen LogP contribution in [0, 0.1) is 5.82 Å². The number of rotatable bonds is 4. The molecule has 0 unspecified atom stereocenters. The number of benzene rings is 1. The molecule has 4 heteroatoms. The highest BCUT2D eigenvalue weighted by Gasteiger charge is 2.06. The maximum Gasteiger partial charge on any atom is 0.146 e. The molecule has 0 saturated carbocycles. The Kier molecular flexibility index (Phi) is 3.85. The molecule has 0 aliphatic heterocycles. The molecular formula is C10H15FN2O. The van der Waals surface area contributed by atoms with Gasteiger partial charge < -0.3 is 16.2 Å². The van der Waals surface area contributed by atoms with Gasteiger partial charge in [0, 0.05) is 12.6 Å². The minimum Gasteiger partial charge on any atom is -0.396 e. The van der Waals surface area contributed by atoms with Gasteiger partial charge in [0.2, 0.25) is 0 Å². The van der Waals surface area contributed by atoms with E-state index in [-0.39, 0.29) is 18.3 Å². The van der Waals surface area contributed by atoms with Crippen LogP contribution >= 0.6 is 0 Å². The molecule has 1 rings (SSSR count). The fourth-order valence-electron chi connectivity index (χ4n) is 1.21. The Morgan fingerprint density at radius 3 is 2.86 bits per heavy atom. The Morgan fingerprint density at radius 1 is 1.57 bits per heavy atom. The lowest BCUT2D eigenvalue weighted by atomic mass is 10.1. The molecule has 0 spiro atoms. The van der Waals surface area contributed by atoms with Gasteiger partial charge in [0.05, 0.1) is 12.3 Å². The molecule has 1 aromatic rings. The molecule has 1 aromatic carbocycles. The molecule has 0 fully saturated rings. The highest BCUT2D eigenvalue weighted by molar-refractivity contribution is 5.41. The summed E-state index contributed by atoms with van der Waals surface area (Å²) >= 11 is 0.